The smallest absolute Gasteiger partial charge is 0.160 e. The zero-order valence-electron chi connectivity index (χ0n) is 10.6. The van der Waals surface area contributed by atoms with Crippen molar-refractivity contribution in [2.24, 2.45) is 5.73 Å². The molecule has 2 N–H and O–H groups in total. The fourth-order valence-corrected chi connectivity index (χ4v) is 2.15. The summed E-state index contributed by atoms with van der Waals surface area (Å²) in [6, 6.07) is 7.44. The quantitative estimate of drug-likeness (QED) is 0.796. The number of imidazole rings is 1. The lowest BCUT2D eigenvalue weighted by atomic mass is 10.2. The predicted octanol–water partition coefficient (Wildman–Crippen LogP) is 2.22. The summed E-state index contributed by atoms with van der Waals surface area (Å²) in [4.78, 5) is 8.64. The Morgan fingerprint density at radius 2 is 2.00 bits per heavy atom. The average Bonchev–Trinajstić information content (AvgIpc) is 2.81. The van der Waals surface area contributed by atoms with Crippen LogP contribution in [0.4, 0.5) is 8.78 Å². The number of hydrogen-bond donors (Lipinski definition) is 1. The zero-order valence-corrected chi connectivity index (χ0v) is 10.6. The molecule has 1 aromatic carbocycles. The lowest BCUT2D eigenvalue weighted by Crippen LogP contribution is -2.10. The second-order valence-electron chi connectivity index (χ2n) is 4.41. The van der Waals surface area contributed by atoms with Crippen molar-refractivity contribution in [1.82, 2.24) is 14.5 Å². The summed E-state index contributed by atoms with van der Waals surface area (Å²) in [5, 5.41) is 0. The molecule has 0 fully saturated rings. The summed E-state index contributed by atoms with van der Waals surface area (Å²) in [5.74, 6) is -1.07. The molecule has 4 nitrogen and oxygen atoms in total. The predicted molar refractivity (Wildman–Crippen MR) is 70.9 cm³/mol. The standard InChI is InChI=1S/C14H12F2N4/c15-10-4-3-9(6-11(10)16)8-20-13(7-17)19-12-2-1-5-18-14(12)20/h1-6H,7-8,17H2. The van der Waals surface area contributed by atoms with Gasteiger partial charge in [-0.1, -0.05) is 6.07 Å². The highest BCUT2D eigenvalue weighted by atomic mass is 19.2. The van der Waals surface area contributed by atoms with Crippen LogP contribution in [0.1, 0.15) is 11.4 Å². The van der Waals surface area contributed by atoms with E-state index in [1.807, 2.05) is 10.6 Å². The van der Waals surface area contributed by atoms with E-state index in [2.05, 4.69) is 9.97 Å². The Morgan fingerprint density at radius 3 is 2.75 bits per heavy atom. The highest BCUT2D eigenvalue weighted by molar-refractivity contribution is 5.71. The van der Waals surface area contributed by atoms with Crippen molar-refractivity contribution in [3.8, 4) is 0 Å². The van der Waals surface area contributed by atoms with Crippen LogP contribution >= 0.6 is 0 Å². The fourth-order valence-electron chi connectivity index (χ4n) is 2.15. The van der Waals surface area contributed by atoms with E-state index in [1.165, 1.54) is 12.1 Å². The molecule has 0 aliphatic rings. The number of halogens is 2. The van der Waals surface area contributed by atoms with Crippen LogP contribution in [-0.4, -0.2) is 14.5 Å². The molecule has 0 atom stereocenters. The van der Waals surface area contributed by atoms with Gasteiger partial charge in [0.2, 0.25) is 0 Å². The normalized spacial score (nSPS) is 11.2. The summed E-state index contributed by atoms with van der Waals surface area (Å²) in [6.07, 6.45) is 1.66. The van der Waals surface area contributed by atoms with Gasteiger partial charge in [0.15, 0.2) is 17.3 Å². The highest BCUT2D eigenvalue weighted by Crippen LogP contribution is 2.17. The zero-order chi connectivity index (χ0) is 14.1. The van der Waals surface area contributed by atoms with Crippen molar-refractivity contribution in [2.75, 3.05) is 0 Å². The van der Waals surface area contributed by atoms with Gasteiger partial charge in [-0.2, -0.15) is 0 Å². The topological polar surface area (TPSA) is 56.7 Å². The van der Waals surface area contributed by atoms with E-state index >= 15 is 0 Å². The molecule has 3 rings (SSSR count). The fraction of sp³-hybridized carbons (Fsp3) is 0.143. The van der Waals surface area contributed by atoms with Gasteiger partial charge in [0, 0.05) is 6.20 Å². The number of fused-ring (bicyclic) bond motifs is 1. The second kappa shape index (κ2) is 4.97. The Bertz CT molecular complexity index is 767. The van der Waals surface area contributed by atoms with Gasteiger partial charge in [0.05, 0.1) is 13.1 Å². The van der Waals surface area contributed by atoms with E-state index in [1.54, 1.807) is 12.3 Å². The number of hydrogen-bond acceptors (Lipinski definition) is 3. The summed E-state index contributed by atoms with van der Waals surface area (Å²) in [7, 11) is 0. The average molecular weight is 274 g/mol. The van der Waals surface area contributed by atoms with Gasteiger partial charge < -0.3 is 10.3 Å². The van der Waals surface area contributed by atoms with E-state index < -0.39 is 11.6 Å². The van der Waals surface area contributed by atoms with Gasteiger partial charge in [0.1, 0.15) is 11.3 Å². The number of aromatic nitrogens is 3. The molecule has 0 aliphatic heterocycles. The van der Waals surface area contributed by atoms with Crippen LogP contribution in [0.5, 0.6) is 0 Å². The van der Waals surface area contributed by atoms with Crippen LogP contribution < -0.4 is 5.73 Å². The molecule has 102 valence electrons. The number of rotatable bonds is 3. The van der Waals surface area contributed by atoms with Crippen LogP contribution in [-0.2, 0) is 13.1 Å². The van der Waals surface area contributed by atoms with Crippen molar-refractivity contribution < 1.29 is 8.78 Å². The maximum Gasteiger partial charge on any atom is 0.160 e. The Hall–Kier alpha value is -2.34. The Labute approximate surface area is 113 Å². The minimum absolute atomic E-state index is 0.250. The third-order valence-electron chi connectivity index (χ3n) is 3.09. The monoisotopic (exact) mass is 274 g/mol. The summed E-state index contributed by atoms with van der Waals surface area (Å²) < 4.78 is 28.0. The first kappa shape index (κ1) is 12.7. The molecule has 6 heteroatoms. The number of nitrogens with zero attached hydrogens (tertiary/aromatic N) is 3. The van der Waals surface area contributed by atoms with Crippen molar-refractivity contribution in [3.63, 3.8) is 0 Å². The van der Waals surface area contributed by atoms with E-state index in [0.29, 0.717) is 23.6 Å². The maximum absolute atomic E-state index is 13.3. The van der Waals surface area contributed by atoms with Crippen LogP contribution in [0.3, 0.4) is 0 Å². The van der Waals surface area contributed by atoms with Crippen LogP contribution in [0.25, 0.3) is 11.2 Å². The number of benzene rings is 1. The first-order chi connectivity index (χ1) is 9.69. The van der Waals surface area contributed by atoms with Crippen molar-refractivity contribution in [2.45, 2.75) is 13.1 Å². The van der Waals surface area contributed by atoms with E-state index in [4.69, 9.17) is 5.73 Å². The van der Waals surface area contributed by atoms with Gasteiger partial charge in [-0.15, -0.1) is 0 Å². The van der Waals surface area contributed by atoms with E-state index in [9.17, 15) is 8.78 Å². The number of nitrogens with two attached hydrogens (primary N) is 1. The van der Waals surface area contributed by atoms with Crippen LogP contribution in [0.2, 0.25) is 0 Å². The van der Waals surface area contributed by atoms with Crippen molar-refractivity contribution in [3.05, 3.63) is 59.6 Å². The first-order valence-electron chi connectivity index (χ1n) is 6.13. The summed E-state index contributed by atoms with van der Waals surface area (Å²) in [6.45, 7) is 0.595. The Morgan fingerprint density at radius 1 is 1.15 bits per heavy atom. The Balaban J connectivity index is 2.07. The van der Waals surface area contributed by atoms with Crippen molar-refractivity contribution >= 4 is 11.2 Å². The molecule has 0 amide bonds. The molecule has 0 saturated heterocycles. The van der Waals surface area contributed by atoms with E-state index in [0.717, 1.165) is 11.6 Å². The van der Waals surface area contributed by atoms with E-state index in [-0.39, 0.29) is 6.54 Å². The second-order valence-corrected chi connectivity index (χ2v) is 4.41. The first-order valence-corrected chi connectivity index (χ1v) is 6.13. The minimum atomic E-state index is -0.867. The van der Waals surface area contributed by atoms with Gasteiger partial charge in [-0.3, -0.25) is 0 Å². The number of pyridine rings is 1. The van der Waals surface area contributed by atoms with Crippen LogP contribution in [0.15, 0.2) is 36.5 Å². The summed E-state index contributed by atoms with van der Waals surface area (Å²) >= 11 is 0. The molecule has 0 radical (unpaired) electrons. The molecule has 3 aromatic rings. The third kappa shape index (κ3) is 2.14. The third-order valence-corrected chi connectivity index (χ3v) is 3.09. The lowest BCUT2D eigenvalue weighted by molar-refractivity contribution is 0.506. The van der Waals surface area contributed by atoms with Gasteiger partial charge in [-0.05, 0) is 29.8 Å². The molecule has 20 heavy (non-hydrogen) atoms. The Kier molecular flexibility index (Phi) is 3.15. The molecule has 0 saturated carbocycles. The molecule has 2 heterocycles. The molecule has 0 unspecified atom stereocenters. The molecule has 0 aliphatic carbocycles. The maximum atomic E-state index is 13.3. The SMILES string of the molecule is NCc1nc2cccnc2n1Cc1ccc(F)c(F)c1. The molecule has 0 spiro atoms. The van der Waals surface area contributed by atoms with Gasteiger partial charge in [0.25, 0.3) is 0 Å². The van der Waals surface area contributed by atoms with Crippen molar-refractivity contribution in [1.29, 1.82) is 0 Å². The summed E-state index contributed by atoms with van der Waals surface area (Å²) in [5.41, 5.74) is 7.72. The highest BCUT2D eigenvalue weighted by Gasteiger charge is 2.11. The van der Waals surface area contributed by atoms with Gasteiger partial charge >= 0.3 is 0 Å². The molecule has 0 bridgehead atoms. The largest absolute Gasteiger partial charge is 0.324 e. The molecular formula is C14H12F2N4. The molecule has 2 aromatic heterocycles. The molecular weight excluding hydrogens is 262 g/mol. The van der Waals surface area contributed by atoms with Gasteiger partial charge in [-0.25, -0.2) is 18.7 Å². The lowest BCUT2D eigenvalue weighted by Gasteiger charge is -2.08. The van der Waals surface area contributed by atoms with Crippen LogP contribution in [0, 0.1) is 11.6 Å². The minimum Gasteiger partial charge on any atom is -0.324 e.